The molecule has 156 valence electrons. The van der Waals surface area contributed by atoms with Gasteiger partial charge in [-0.1, -0.05) is 47.7 Å². The number of nitrogens with one attached hydrogen (secondary N) is 2. The number of fused-ring (bicyclic) bond motifs is 1. The fourth-order valence-electron chi connectivity index (χ4n) is 3.40. The second-order valence-corrected chi connectivity index (χ2v) is 9.03. The second kappa shape index (κ2) is 8.01. The molecule has 1 aliphatic heterocycles. The lowest BCUT2D eigenvalue weighted by Crippen LogP contribution is -2.38. The summed E-state index contributed by atoms with van der Waals surface area (Å²) in [5.41, 5.74) is 3.27. The Balaban J connectivity index is 1.30. The molecule has 9 heteroatoms. The van der Waals surface area contributed by atoms with Gasteiger partial charge in [-0.05, 0) is 17.7 Å². The molecule has 3 heterocycles. The van der Waals surface area contributed by atoms with Gasteiger partial charge < -0.3 is 15.2 Å². The number of carbonyl (C=O) groups excluding carboxylic acids is 1. The minimum Gasteiger partial charge on any atom is -0.494 e. The predicted molar refractivity (Wildman–Crippen MR) is 120 cm³/mol. The van der Waals surface area contributed by atoms with E-state index in [1.54, 1.807) is 23.5 Å². The first-order chi connectivity index (χ1) is 15.0. The summed E-state index contributed by atoms with van der Waals surface area (Å²) >= 11 is 2.50. The maximum atomic E-state index is 12.6. The first kappa shape index (κ1) is 19.5. The third kappa shape index (κ3) is 4.10. The van der Waals surface area contributed by atoms with Crippen molar-refractivity contribution in [2.75, 3.05) is 5.32 Å². The highest BCUT2D eigenvalue weighted by molar-refractivity contribution is 7.13. The molecule has 0 aliphatic carbocycles. The van der Waals surface area contributed by atoms with Crippen molar-refractivity contribution >= 4 is 34.3 Å². The van der Waals surface area contributed by atoms with E-state index in [-0.39, 0.29) is 16.7 Å². The van der Waals surface area contributed by atoms with Gasteiger partial charge in [0, 0.05) is 23.8 Å². The van der Waals surface area contributed by atoms with Crippen LogP contribution in [0.4, 0.5) is 5.69 Å². The molecule has 2 aromatic heterocycles. The largest absolute Gasteiger partial charge is 0.494 e. The van der Waals surface area contributed by atoms with E-state index in [9.17, 15) is 14.7 Å². The van der Waals surface area contributed by atoms with Crippen molar-refractivity contribution in [1.82, 2.24) is 9.97 Å². The normalized spacial score (nSPS) is 15.2. The Bertz CT molecular complexity index is 1310. The number of amides is 1. The molecular formula is C22H17N3O4S2. The summed E-state index contributed by atoms with van der Waals surface area (Å²) in [6, 6.07) is 15.4. The Morgan fingerprint density at radius 2 is 1.97 bits per heavy atom. The van der Waals surface area contributed by atoms with E-state index in [1.807, 2.05) is 41.8 Å². The van der Waals surface area contributed by atoms with Crippen molar-refractivity contribution in [2.45, 2.75) is 18.9 Å². The van der Waals surface area contributed by atoms with E-state index in [0.717, 1.165) is 33.2 Å². The lowest BCUT2D eigenvalue weighted by Gasteiger charge is -2.25. The Morgan fingerprint density at radius 3 is 2.74 bits per heavy atom. The molecule has 5 rings (SSSR count). The molecule has 7 nitrogen and oxygen atoms in total. The molecular weight excluding hydrogens is 434 g/mol. The Kier molecular flexibility index (Phi) is 5.05. The van der Waals surface area contributed by atoms with Gasteiger partial charge in [0.25, 0.3) is 5.91 Å². The molecule has 0 spiro atoms. The van der Waals surface area contributed by atoms with Gasteiger partial charge in [0.2, 0.25) is 5.88 Å². The molecule has 1 atom stereocenters. The van der Waals surface area contributed by atoms with Crippen LogP contribution < -0.4 is 14.9 Å². The smallest absolute Gasteiger partial charge is 0.307 e. The molecule has 0 radical (unpaired) electrons. The molecule has 0 bridgehead atoms. The van der Waals surface area contributed by atoms with Gasteiger partial charge >= 0.3 is 4.87 Å². The van der Waals surface area contributed by atoms with Crippen molar-refractivity contribution in [3.05, 3.63) is 79.7 Å². The molecule has 0 saturated carbocycles. The number of ether oxygens (including phenoxy) is 1. The summed E-state index contributed by atoms with van der Waals surface area (Å²) in [6.07, 6.45) is 0.0906. The van der Waals surface area contributed by atoms with Crippen molar-refractivity contribution in [3.63, 3.8) is 0 Å². The number of rotatable bonds is 5. The monoisotopic (exact) mass is 451 g/mol. The van der Waals surface area contributed by atoms with Crippen LogP contribution in [0.5, 0.6) is 11.6 Å². The molecule has 3 N–H and O–H groups in total. The van der Waals surface area contributed by atoms with Crippen LogP contribution in [-0.4, -0.2) is 27.1 Å². The van der Waals surface area contributed by atoms with E-state index in [1.165, 1.54) is 0 Å². The van der Waals surface area contributed by atoms with Crippen LogP contribution in [0.15, 0.2) is 58.7 Å². The van der Waals surface area contributed by atoms with Gasteiger partial charge in [-0.2, -0.15) is 0 Å². The lowest BCUT2D eigenvalue weighted by molar-refractivity contribution is -0.123. The zero-order valence-electron chi connectivity index (χ0n) is 16.1. The fraction of sp³-hybridized carbons (Fsp3) is 0.136. The van der Waals surface area contributed by atoms with Crippen molar-refractivity contribution < 1.29 is 14.6 Å². The zero-order valence-corrected chi connectivity index (χ0v) is 17.8. The first-order valence-electron chi connectivity index (χ1n) is 9.56. The van der Waals surface area contributed by atoms with Gasteiger partial charge in [0.15, 0.2) is 6.10 Å². The Labute approximate surface area is 185 Å². The highest BCUT2D eigenvalue weighted by Gasteiger charge is 2.29. The maximum Gasteiger partial charge on any atom is 0.307 e. The second-order valence-electron chi connectivity index (χ2n) is 7.10. The third-order valence-corrected chi connectivity index (χ3v) is 6.71. The van der Waals surface area contributed by atoms with E-state index in [4.69, 9.17) is 4.74 Å². The number of carbonyl (C=O) groups is 1. The number of aromatic hydroxyl groups is 1. The number of benzene rings is 2. The van der Waals surface area contributed by atoms with Crippen LogP contribution in [0.25, 0.3) is 10.6 Å². The number of thiazole rings is 2. The van der Waals surface area contributed by atoms with Gasteiger partial charge in [0.1, 0.15) is 10.8 Å². The van der Waals surface area contributed by atoms with Gasteiger partial charge in [-0.25, -0.2) is 4.98 Å². The highest BCUT2D eigenvalue weighted by Crippen LogP contribution is 2.33. The number of H-pyrrole nitrogens is 1. The number of hydrogen-bond donors (Lipinski definition) is 3. The summed E-state index contributed by atoms with van der Waals surface area (Å²) in [4.78, 5) is 31.2. The average molecular weight is 452 g/mol. The van der Waals surface area contributed by atoms with Crippen LogP contribution in [-0.2, 0) is 17.6 Å². The quantitative estimate of drug-likeness (QED) is 0.428. The zero-order chi connectivity index (χ0) is 21.4. The molecule has 1 aliphatic rings. The summed E-state index contributed by atoms with van der Waals surface area (Å²) in [7, 11) is 0. The minimum absolute atomic E-state index is 0.119. The van der Waals surface area contributed by atoms with Crippen molar-refractivity contribution in [2.24, 2.45) is 0 Å². The molecule has 31 heavy (non-hydrogen) atoms. The van der Waals surface area contributed by atoms with Gasteiger partial charge in [-0.15, -0.1) is 11.3 Å². The molecule has 4 aromatic rings. The summed E-state index contributed by atoms with van der Waals surface area (Å²) in [5.74, 6) is 0.234. The number of hydrogen-bond acceptors (Lipinski definition) is 7. The first-order valence-corrected chi connectivity index (χ1v) is 11.3. The number of aromatic nitrogens is 2. The third-order valence-electron chi connectivity index (χ3n) is 4.90. The summed E-state index contributed by atoms with van der Waals surface area (Å²) < 4.78 is 5.95. The Morgan fingerprint density at radius 1 is 1.13 bits per heavy atom. The van der Waals surface area contributed by atoms with Crippen LogP contribution in [0.3, 0.4) is 0 Å². The van der Waals surface area contributed by atoms with E-state index < -0.39 is 6.10 Å². The van der Waals surface area contributed by atoms with Gasteiger partial charge in [-0.3, -0.25) is 14.6 Å². The molecule has 1 unspecified atom stereocenters. The number of aromatic amines is 1. The van der Waals surface area contributed by atoms with Crippen LogP contribution in [0, 0.1) is 0 Å². The highest BCUT2D eigenvalue weighted by atomic mass is 32.1. The molecule has 2 aromatic carbocycles. The number of nitrogens with zero attached hydrogens (tertiary/aromatic N) is 1. The minimum atomic E-state index is -0.664. The standard InChI is InChI=1S/C22H17N3O4S2/c26-19-17(10-14-11-30-21(23-14)13-4-2-1-3-5-13)29-16-7-6-12(8-15(16)24-19)9-18-20(27)25-22(28)31-18/h1-8,11,17,27H,9-10H2,(H,24,26)(H,25,28). The Hall–Kier alpha value is -3.43. The maximum absolute atomic E-state index is 12.6. The number of anilines is 1. The van der Waals surface area contributed by atoms with E-state index in [0.29, 0.717) is 29.2 Å². The molecule has 0 fully saturated rings. The van der Waals surface area contributed by atoms with E-state index in [2.05, 4.69) is 15.3 Å². The topological polar surface area (TPSA) is 104 Å². The summed E-state index contributed by atoms with van der Waals surface area (Å²) in [5, 5.41) is 15.5. The van der Waals surface area contributed by atoms with Crippen molar-refractivity contribution in [1.29, 1.82) is 0 Å². The average Bonchev–Trinajstić information content (AvgIpc) is 3.35. The predicted octanol–water partition coefficient (Wildman–Crippen LogP) is 3.80. The van der Waals surface area contributed by atoms with Gasteiger partial charge in [0.05, 0.1) is 16.3 Å². The molecule has 1 amide bonds. The SMILES string of the molecule is O=C1Nc2cc(Cc3sc(=O)[nH]c3O)ccc2OC1Cc1csc(-c2ccccc2)n1. The fourth-order valence-corrected chi connectivity index (χ4v) is 5.00. The van der Waals surface area contributed by atoms with Crippen LogP contribution >= 0.6 is 22.7 Å². The van der Waals surface area contributed by atoms with E-state index >= 15 is 0 Å². The van der Waals surface area contributed by atoms with Crippen LogP contribution in [0.2, 0.25) is 0 Å². The lowest BCUT2D eigenvalue weighted by atomic mass is 10.1. The summed E-state index contributed by atoms with van der Waals surface area (Å²) in [6.45, 7) is 0. The van der Waals surface area contributed by atoms with Crippen molar-refractivity contribution in [3.8, 4) is 22.2 Å². The van der Waals surface area contributed by atoms with Crippen LogP contribution in [0.1, 0.15) is 16.1 Å². The molecule has 0 saturated heterocycles.